The van der Waals surface area contributed by atoms with E-state index < -0.39 is 35.7 Å². The maximum absolute atomic E-state index is 11.6. The molecule has 0 aromatic heterocycles. The van der Waals surface area contributed by atoms with Gasteiger partial charge in [0.1, 0.15) is 17.8 Å². The predicted molar refractivity (Wildman–Crippen MR) is 150 cm³/mol. The summed E-state index contributed by atoms with van der Waals surface area (Å²) in [7, 11) is 0. The molecule has 0 heterocycles. The first kappa shape index (κ1) is 35.1. The van der Waals surface area contributed by atoms with E-state index in [2.05, 4.69) is 19.1 Å². The zero-order valence-electron chi connectivity index (χ0n) is 24.1. The van der Waals surface area contributed by atoms with Crippen LogP contribution in [0.15, 0.2) is 12.2 Å². The first-order valence-electron chi connectivity index (χ1n) is 14.7. The molecule has 37 heavy (non-hydrogen) atoms. The first-order chi connectivity index (χ1) is 17.5. The van der Waals surface area contributed by atoms with Crippen LogP contribution >= 0.6 is 0 Å². The van der Waals surface area contributed by atoms with Crippen molar-refractivity contribution in [3.05, 3.63) is 12.2 Å². The Balaban J connectivity index is 4.58. The van der Waals surface area contributed by atoms with Crippen molar-refractivity contribution in [2.24, 2.45) is 17.8 Å². The summed E-state index contributed by atoms with van der Waals surface area (Å²) in [6, 6.07) is 0. The van der Waals surface area contributed by atoms with Gasteiger partial charge in [-0.3, -0.25) is 14.4 Å². The van der Waals surface area contributed by atoms with E-state index in [1.54, 1.807) is 20.8 Å². The van der Waals surface area contributed by atoms with Crippen molar-refractivity contribution in [1.29, 1.82) is 0 Å². The number of nitrogens with zero attached hydrogens (tertiary/aromatic N) is 1. The molecule has 0 fully saturated rings. The number of allylic oxidation sites excluding steroid dienone is 2. The Morgan fingerprint density at radius 3 is 1.24 bits per heavy atom. The van der Waals surface area contributed by atoms with Crippen molar-refractivity contribution >= 4 is 17.9 Å². The molecule has 0 aromatic rings. The third-order valence-corrected chi connectivity index (χ3v) is 7.39. The minimum Gasteiger partial charge on any atom is -0.481 e. The van der Waals surface area contributed by atoms with Crippen LogP contribution in [0.4, 0.5) is 0 Å². The number of carboxylic acid groups (broad SMARTS) is 3. The second kappa shape index (κ2) is 21.1. The molecule has 0 spiro atoms. The normalized spacial score (nSPS) is 15.8. The van der Waals surface area contributed by atoms with Crippen molar-refractivity contribution < 1.29 is 34.2 Å². The maximum atomic E-state index is 11.6. The van der Waals surface area contributed by atoms with Crippen LogP contribution in [0.3, 0.4) is 0 Å². The number of carbonyl (C=O) groups is 3. The summed E-state index contributed by atoms with van der Waals surface area (Å²) in [5.74, 6) is -4.86. The number of quaternary nitrogens is 1. The average Bonchev–Trinajstić information content (AvgIpc) is 2.83. The van der Waals surface area contributed by atoms with Gasteiger partial charge >= 0.3 is 17.9 Å². The minimum absolute atomic E-state index is 0.205. The van der Waals surface area contributed by atoms with E-state index in [4.69, 9.17) is 0 Å². The predicted octanol–water partition coefficient (Wildman–Crippen LogP) is 7.00. The number of unbranched alkanes of at least 4 members (excludes halogenated alkanes) is 12. The lowest BCUT2D eigenvalue weighted by atomic mass is 10.0. The SMILES string of the molecule is CCCCCCCCCCCC/C=C/CCCC[N+](CC(C)C(=O)O)(CC(C)C(=O)O)CC(C)C(=O)O. The lowest BCUT2D eigenvalue weighted by molar-refractivity contribution is -0.934. The molecule has 0 amide bonds. The molecule has 7 heteroatoms. The lowest BCUT2D eigenvalue weighted by Crippen LogP contribution is -2.57. The molecule has 0 rings (SSSR count). The smallest absolute Gasteiger partial charge is 0.311 e. The maximum Gasteiger partial charge on any atom is 0.311 e. The molecule has 0 radical (unpaired) electrons. The second-order valence-corrected chi connectivity index (χ2v) is 11.3. The van der Waals surface area contributed by atoms with Gasteiger partial charge in [0.25, 0.3) is 0 Å². The number of aliphatic carboxylic acids is 3. The van der Waals surface area contributed by atoms with Gasteiger partial charge in [0, 0.05) is 0 Å². The fourth-order valence-corrected chi connectivity index (χ4v) is 5.17. The van der Waals surface area contributed by atoms with E-state index >= 15 is 0 Å². The molecule has 0 aliphatic heterocycles. The molecular formula is C30H56NO6+. The van der Waals surface area contributed by atoms with Gasteiger partial charge in [-0.15, -0.1) is 0 Å². The largest absolute Gasteiger partial charge is 0.481 e. The summed E-state index contributed by atoms with van der Waals surface area (Å²) in [5, 5.41) is 28.5. The number of carboxylic acids is 3. The van der Waals surface area contributed by atoms with Crippen LogP contribution in [0.5, 0.6) is 0 Å². The third-order valence-electron chi connectivity index (χ3n) is 7.39. The summed E-state index contributed by atoms with van der Waals surface area (Å²) in [4.78, 5) is 34.8. The van der Waals surface area contributed by atoms with E-state index in [0.717, 1.165) is 25.7 Å². The van der Waals surface area contributed by atoms with Crippen molar-refractivity contribution in [3.63, 3.8) is 0 Å². The Kier molecular flexibility index (Phi) is 20.0. The van der Waals surface area contributed by atoms with Crippen LogP contribution in [0.25, 0.3) is 0 Å². The fraction of sp³-hybridized carbons (Fsp3) is 0.833. The molecular weight excluding hydrogens is 470 g/mol. The topological polar surface area (TPSA) is 112 Å². The van der Waals surface area contributed by atoms with E-state index in [0.29, 0.717) is 6.54 Å². The van der Waals surface area contributed by atoms with E-state index in [1.165, 1.54) is 64.2 Å². The van der Waals surface area contributed by atoms with Crippen molar-refractivity contribution in [1.82, 2.24) is 0 Å². The van der Waals surface area contributed by atoms with Crippen molar-refractivity contribution in [3.8, 4) is 0 Å². The molecule has 0 aromatic carbocycles. The van der Waals surface area contributed by atoms with Gasteiger partial charge in [-0.05, 0) is 52.9 Å². The van der Waals surface area contributed by atoms with Crippen LogP contribution in [0.2, 0.25) is 0 Å². The summed E-state index contributed by atoms with van der Waals surface area (Å²) < 4.78 is 0.205. The first-order valence-corrected chi connectivity index (χ1v) is 14.7. The third kappa shape index (κ3) is 18.1. The van der Waals surface area contributed by atoms with Gasteiger partial charge in [0.2, 0.25) is 0 Å². The van der Waals surface area contributed by atoms with E-state index in [9.17, 15) is 29.7 Å². The Bertz CT molecular complexity index is 607. The highest BCUT2D eigenvalue weighted by Crippen LogP contribution is 2.22. The monoisotopic (exact) mass is 526 g/mol. The van der Waals surface area contributed by atoms with Gasteiger partial charge in [-0.25, -0.2) is 0 Å². The number of rotatable bonds is 25. The standard InChI is InChI=1S/C30H55NO6/c1-5-6-7-8-9-10-11-12-13-14-15-16-17-18-19-20-21-31(22-25(2)28(32)33,23-26(3)29(34)35)24-27(4)30(36)37/h16-17,25-27H,5-15,18-24H2,1-4H3,(H2-,32,33,34,35,36,37)/p+1/b17-16+. The highest BCUT2D eigenvalue weighted by molar-refractivity contribution is 5.70. The van der Waals surface area contributed by atoms with Gasteiger partial charge in [-0.2, -0.15) is 0 Å². The molecule has 0 aliphatic rings. The fourth-order valence-electron chi connectivity index (χ4n) is 5.17. The quantitative estimate of drug-likeness (QED) is 0.0670. The van der Waals surface area contributed by atoms with Gasteiger partial charge in [0.05, 0.1) is 26.2 Å². The Morgan fingerprint density at radius 2 is 0.892 bits per heavy atom. The molecule has 0 saturated carbocycles. The highest BCUT2D eigenvalue weighted by atomic mass is 16.4. The highest BCUT2D eigenvalue weighted by Gasteiger charge is 2.38. The molecule has 3 unspecified atom stereocenters. The zero-order valence-corrected chi connectivity index (χ0v) is 24.1. The summed E-state index contributed by atoms with van der Waals surface area (Å²) in [6.07, 6.45) is 21.5. The van der Waals surface area contributed by atoms with E-state index in [1.807, 2.05) is 0 Å². The Hall–Kier alpha value is -1.89. The van der Waals surface area contributed by atoms with Gasteiger partial charge < -0.3 is 19.8 Å². The molecule has 3 atom stereocenters. The van der Waals surface area contributed by atoms with E-state index in [-0.39, 0.29) is 24.1 Å². The van der Waals surface area contributed by atoms with Crippen LogP contribution in [-0.2, 0) is 14.4 Å². The molecule has 7 nitrogen and oxygen atoms in total. The molecule has 3 N–H and O–H groups in total. The van der Waals surface area contributed by atoms with Crippen molar-refractivity contribution in [2.45, 2.75) is 118 Å². The zero-order chi connectivity index (χ0) is 28.1. The summed E-state index contributed by atoms with van der Waals surface area (Å²) in [5.41, 5.74) is 0. The Labute approximate surface area is 225 Å². The van der Waals surface area contributed by atoms with Crippen LogP contribution < -0.4 is 0 Å². The summed E-state index contributed by atoms with van der Waals surface area (Å²) >= 11 is 0. The molecule has 0 bridgehead atoms. The van der Waals surface area contributed by atoms with Crippen LogP contribution in [-0.4, -0.2) is 63.9 Å². The van der Waals surface area contributed by atoms with Gasteiger partial charge in [0.15, 0.2) is 0 Å². The number of hydrogen-bond acceptors (Lipinski definition) is 3. The molecule has 0 aliphatic carbocycles. The Morgan fingerprint density at radius 1 is 0.568 bits per heavy atom. The average molecular weight is 527 g/mol. The lowest BCUT2D eigenvalue weighted by Gasteiger charge is -2.42. The van der Waals surface area contributed by atoms with Crippen molar-refractivity contribution in [2.75, 3.05) is 26.2 Å². The molecule has 216 valence electrons. The minimum atomic E-state index is -0.941. The van der Waals surface area contributed by atoms with Gasteiger partial charge in [-0.1, -0.05) is 76.9 Å². The number of hydrogen-bond donors (Lipinski definition) is 3. The molecule has 0 saturated heterocycles. The van der Waals surface area contributed by atoms with Crippen LogP contribution in [0.1, 0.15) is 118 Å². The van der Waals surface area contributed by atoms with Crippen LogP contribution in [0, 0.1) is 17.8 Å². The second-order valence-electron chi connectivity index (χ2n) is 11.3. The summed E-state index contributed by atoms with van der Waals surface area (Å²) in [6.45, 7) is 8.38.